The zero-order chi connectivity index (χ0) is 12.3. The van der Waals surface area contributed by atoms with E-state index in [0.29, 0.717) is 12.5 Å². The van der Waals surface area contributed by atoms with Gasteiger partial charge < -0.3 is 10.2 Å². The molecule has 0 unspecified atom stereocenters. The number of hydrogen-bond donors (Lipinski definition) is 1. The number of rotatable bonds is 2. The maximum absolute atomic E-state index is 12.2. The second kappa shape index (κ2) is 7.31. The first kappa shape index (κ1) is 15.7. The van der Waals surface area contributed by atoms with Crippen LogP contribution in [0.1, 0.15) is 12.5 Å². The Morgan fingerprint density at radius 1 is 1.56 bits per heavy atom. The van der Waals surface area contributed by atoms with Gasteiger partial charge in [-0.2, -0.15) is 0 Å². The van der Waals surface area contributed by atoms with E-state index in [0.717, 1.165) is 25.2 Å². The molecule has 18 heavy (non-hydrogen) atoms. The van der Waals surface area contributed by atoms with Crippen molar-refractivity contribution in [3.05, 3.63) is 33.4 Å². The number of benzene rings is 1. The fourth-order valence-corrected chi connectivity index (χ4v) is 2.74. The van der Waals surface area contributed by atoms with Crippen molar-refractivity contribution in [1.82, 2.24) is 10.2 Å². The third kappa shape index (κ3) is 4.10. The van der Waals surface area contributed by atoms with Gasteiger partial charge in [-0.3, -0.25) is 4.79 Å². The molecular formula is C13H18ClIN2O. The average molecular weight is 381 g/mol. The molecule has 100 valence electrons. The first-order chi connectivity index (χ1) is 8.16. The van der Waals surface area contributed by atoms with Crippen LogP contribution in [0.3, 0.4) is 0 Å². The van der Waals surface area contributed by atoms with Gasteiger partial charge in [-0.05, 0) is 47.2 Å². The molecule has 2 rings (SSSR count). The van der Waals surface area contributed by atoms with Gasteiger partial charge in [0.1, 0.15) is 0 Å². The van der Waals surface area contributed by atoms with Crippen molar-refractivity contribution in [2.45, 2.75) is 19.4 Å². The van der Waals surface area contributed by atoms with Gasteiger partial charge in [0.25, 0.3) is 0 Å². The van der Waals surface area contributed by atoms with Crippen LogP contribution < -0.4 is 5.32 Å². The lowest BCUT2D eigenvalue weighted by Crippen LogP contribution is -2.52. The van der Waals surface area contributed by atoms with Crippen molar-refractivity contribution in [3.8, 4) is 0 Å². The molecule has 0 aliphatic carbocycles. The Hall–Kier alpha value is -0.330. The number of hydrogen-bond acceptors (Lipinski definition) is 2. The fraction of sp³-hybridized carbons (Fsp3) is 0.462. The Morgan fingerprint density at radius 2 is 2.33 bits per heavy atom. The monoisotopic (exact) mass is 380 g/mol. The molecule has 0 spiro atoms. The van der Waals surface area contributed by atoms with E-state index in [1.807, 2.05) is 23.1 Å². The number of carbonyl (C=O) groups excluding carboxylic acids is 1. The first-order valence-electron chi connectivity index (χ1n) is 5.91. The summed E-state index contributed by atoms with van der Waals surface area (Å²) in [6.45, 7) is 4.73. The van der Waals surface area contributed by atoms with Gasteiger partial charge in [0.15, 0.2) is 0 Å². The van der Waals surface area contributed by atoms with E-state index in [1.54, 1.807) is 0 Å². The van der Waals surface area contributed by atoms with Crippen molar-refractivity contribution >= 4 is 40.9 Å². The van der Waals surface area contributed by atoms with Crippen molar-refractivity contribution in [1.29, 1.82) is 0 Å². The van der Waals surface area contributed by atoms with E-state index in [9.17, 15) is 4.79 Å². The van der Waals surface area contributed by atoms with Crippen LogP contribution in [0.25, 0.3) is 0 Å². The second-order valence-corrected chi connectivity index (χ2v) is 5.69. The Kier molecular flexibility index (Phi) is 6.38. The first-order valence-corrected chi connectivity index (χ1v) is 6.99. The number of halogens is 2. The van der Waals surface area contributed by atoms with Gasteiger partial charge in [0, 0.05) is 29.2 Å². The minimum absolute atomic E-state index is 0. The molecule has 1 aromatic carbocycles. The topological polar surface area (TPSA) is 32.3 Å². The van der Waals surface area contributed by atoms with Gasteiger partial charge in [-0.15, -0.1) is 12.4 Å². The molecule has 0 bridgehead atoms. The van der Waals surface area contributed by atoms with Crippen LogP contribution in [0, 0.1) is 3.57 Å². The quantitative estimate of drug-likeness (QED) is 0.797. The van der Waals surface area contributed by atoms with E-state index >= 15 is 0 Å². The van der Waals surface area contributed by atoms with Crippen molar-refractivity contribution in [2.24, 2.45) is 0 Å². The minimum Gasteiger partial charge on any atom is -0.337 e. The summed E-state index contributed by atoms with van der Waals surface area (Å²) in [5.74, 6) is 0.237. The predicted molar refractivity (Wildman–Crippen MR) is 84.2 cm³/mol. The molecule has 1 N–H and O–H groups in total. The molecule has 5 heteroatoms. The minimum atomic E-state index is 0. The number of carbonyl (C=O) groups is 1. The zero-order valence-electron chi connectivity index (χ0n) is 10.4. The molecular weight excluding hydrogens is 363 g/mol. The molecule has 0 aromatic heterocycles. The summed E-state index contributed by atoms with van der Waals surface area (Å²) in [7, 11) is 0. The lowest BCUT2D eigenvalue weighted by Gasteiger charge is -2.34. The standard InChI is InChI=1S/C13H17IN2O.ClH/c1-10-9-15-5-6-16(10)13(17)8-11-3-2-4-12(14)7-11;/h2-4,7,10,15H,5-6,8-9H2,1H3;1H/t10-;/m1./s1. The molecule has 3 nitrogen and oxygen atoms in total. The number of amides is 1. The maximum Gasteiger partial charge on any atom is 0.227 e. The molecule has 1 amide bonds. The maximum atomic E-state index is 12.2. The van der Waals surface area contributed by atoms with Crippen LogP contribution in [-0.2, 0) is 11.2 Å². The van der Waals surface area contributed by atoms with E-state index in [4.69, 9.17) is 0 Å². The summed E-state index contributed by atoms with van der Waals surface area (Å²) in [4.78, 5) is 14.2. The molecule has 0 saturated carbocycles. The van der Waals surface area contributed by atoms with E-state index in [-0.39, 0.29) is 18.3 Å². The number of nitrogens with one attached hydrogen (secondary N) is 1. The van der Waals surface area contributed by atoms with Crippen molar-refractivity contribution in [3.63, 3.8) is 0 Å². The fourth-order valence-electron chi connectivity index (χ4n) is 2.13. The Labute approximate surface area is 128 Å². The molecule has 1 fully saturated rings. The summed E-state index contributed by atoms with van der Waals surface area (Å²) in [6, 6.07) is 8.45. The highest BCUT2D eigenvalue weighted by Crippen LogP contribution is 2.11. The van der Waals surface area contributed by atoms with Gasteiger partial charge in [-0.25, -0.2) is 0 Å². The zero-order valence-corrected chi connectivity index (χ0v) is 13.3. The van der Waals surface area contributed by atoms with Crippen LogP contribution in [0.2, 0.25) is 0 Å². The second-order valence-electron chi connectivity index (χ2n) is 4.45. The van der Waals surface area contributed by atoms with Crippen LogP contribution in [0.5, 0.6) is 0 Å². The van der Waals surface area contributed by atoms with E-state index in [2.05, 4.69) is 40.9 Å². The van der Waals surface area contributed by atoms with Crippen LogP contribution in [0.4, 0.5) is 0 Å². The summed E-state index contributed by atoms with van der Waals surface area (Å²) in [5.41, 5.74) is 1.10. The Morgan fingerprint density at radius 3 is 3.00 bits per heavy atom. The Bertz CT molecular complexity index is 414. The van der Waals surface area contributed by atoms with E-state index in [1.165, 1.54) is 3.57 Å². The molecule has 1 saturated heterocycles. The van der Waals surface area contributed by atoms with Crippen LogP contribution >= 0.6 is 35.0 Å². The van der Waals surface area contributed by atoms with Gasteiger partial charge >= 0.3 is 0 Å². The highest BCUT2D eigenvalue weighted by atomic mass is 127. The summed E-state index contributed by atoms with van der Waals surface area (Å²) < 4.78 is 1.18. The molecule has 0 radical (unpaired) electrons. The SMILES string of the molecule is C[C@@H]1CNCCN1C(=O)Cc1cccc(I)c1.Cl. The lowest BCUT2D eigenvalue weighted by molar-refractivity contribution is -0.133. The predicted octanol–water partition coefficient (Wildman–Crippen LogP) is 2.08. The van der Waals surface area contributed by atoms with Gasteiger partial charge in [0.2, 0.25) is 5.91 Å². The molecule has 1 atom stereocenters. The summed E-state index contributed by atoms with van der Waals surface area (Å²) >= 11 is 2.28. The largest absolute Gasteiger partial charge is 0.337 e. The van der Waals surface area contributed by atoms with Crippen molar-refractivity contribution < 1.29 is 4.79 Å². The molecule has 1 heterocycles. The Balaban J connectivity index is 0.00000162. The highest BCUT2D eigenvalue weighted by molar-refractivity contribution is 14.1. The normalized spacial score (nSPS) is 19.2. The average Bonchev–Trinajstić information content (AvgIpc) is 2.29. The summed E-state index contributed by atoms with van der Waals surface area (Å²) in [5, 5.41) is 3.30. The van der Waals surface area contributed by atoms with Gasteiger partial charge in [0.05, 0.1) is 6.42 Å². The molecule has 1 aliphatic heterocycles. The van der Waals surface area contributed by atoms with Crippen LogP contribution in [0.15, 0.2) is 24.3 Å². The van der Waals surface area contributed by atoms with E-state index < -0.39 is 0 Å². The van der Waals surface area contributed by atoms with Gasteiger partial charge in [-0.1, -0.05) is 12.1 Å². The number of nitrogens with zero attached hydrogens (tertiary/aromatic N) is 1. The summed E-state index contributed by atoms with van der Waals surface area (Å²) in [6.07, 6.45) is 0.515. The number of piperazine rings is 1. The molecule has 1 aromatic rings. The third-order valence-corrected chi connectivity index (χ3v) is 3.74. The third-order valence-electron chi connectivity index (χ3n) is 3.07. The van der Waals surface area contributed by atoms with Crippen molar-refractivity contribution in [2.75, 3.05) is 19.6 Å². The molecule has 1 aliphatic rings. The lowest BCUT2D eigenvalue weighted by atomic mass is 10.1. The van der Waals surface area contributed by atoms with Crippen LogP contribution in [-0.4, -0.2) is 36.5 Å². The smallest absolute Gasteiger partial charge is 0.227 e. The highest BCUT2D eigenvalue weighted by Gasteiger charge is 2.22.